The first-order valence-corrected chi connectivity index (χ1v) is 10.6. The molecule has 1 aromatic heterocycles. The Kier molecular flexibility index (Phi) is 5.84. The summed E-state index contributed by atoms with van der Waals surface area (Å²) in [6, 6.07) is 21.4. The van der Waals surface area contributed by atoms with E-state index in [2.05, 4.69) is 22.7 Å². The van der Waals surface area contributed by atoms with Crippen molar-refractivity contribution in [2.24, 2.45) is 7.05 Å². The van der Waals surface area contributed by atoms with Gasteiger partial charge in [0.2, 0.25) is 0 Å². The van der Waals surface area contributed by atoms with E-state index in [-0.39, 0.29) is 5.56 Å². The molecule has 1 heterocycles. The second-order valence-corrected chi connectivity index (χ2v) is 7.99. The van der Waals surface area contributed by atoms with Gasteiger partial charge in [-0.15, -0.1) is 0 Å². The predicted octanol–water partition coefficient (Wildman–Crippen LogP) is 6.81. The standard InChI is InChI=1S/C24H20ClN3OS/c1-3-30-27-18-12-13-23(26-17-10-8-16(25)9-11-17)21(14-18)22-15-28(2)24(29)20-7-5-4-6-19(20)22/h3-15,26-27H,1H2,2H3. The molecule has 0 aliphatic rings. The van der Waals surface area contributed by atoms with Gasteiger partial charge in [0, 0.05) is 51.8 Å². The molecule has 4 rings (SSSR count). The average molecular weight is 434 g/mol. The van der Waals surface area contributed by atoms with E-state index in [0.29, 0.717) is 10.4 Å². The minimum atomic E-state index is -0.0157. The maximum absolute atomic E-state index is 12.6. The molecule has 0 unspecified atom stereocenters. The van der Waals surface area contributed by atoms with Crippen molar-refractivity contribution in [2.75, 3.05) is 10.0 Å². The van der Waals surface area contributed by atoms with Crippen LogP contribution in [-0.2, 0) is 7.05 Å². The normalized spacial score (nSPS) is 10.7. The van der Waals surface area contributed by atoms with Gasteiger partial charge in [0.25, 0.3) is 5.56 Å². The number of fused-ring (bicyclic) bond motifs is 1. The molecule has 30 heavy (non-hydrogen) atoms. The lowest BCUT2D eigenvalue weighted by Gasteiger charge is -2.17. The van der Waals surface area contributed by atoms with Crippen molar-refractivity contribution in [3.05, 3.63) is 100 Å². The van der Waals surface area contributed by atoms with E-state index >= 15 is 0 Å². The fraction of sp³-hybridized carbons (Fsp3) is 0.0417. The average Bonchev–Trinajstić information content (AvgIpc) is 2.77. The third kappa shape index (κ3) is 4.08. The lowest BCUT2D eigenvalue weighted by Crippen LogP contribution is -2.16. The highest BCUT2D eigenvalue weighted by Crippen LogP contribution is 2.36. The third-order valence-corrected chi connectivity index (χ3v) is 5.56. The Morgan fingerprint density at radius 3 is 2.40 bits per heavy atom. The molecule has 4 nitrogen and oxygen atoms in total. The lowest BCUT2D eigenvalue weighted by molar-refractivity contribution is 0.875. The topological polar surface area (TPSA) is 46.1 Å². The largest absolute Gasteiger partial charge is 0.355 e. The summed E-state index contributed by atoms with van der Waals surface area (Å²) in [4.78, 5) is 12.6. The molecule has 0 spiro atoms. The summed E-state index contributed by atoms with van der Waals surface area (Å²) in [5, 5.41) is 7.50. The zero-order valence-electron chi connectivity index (χ0n) is 16.4. The van der Waals surface area contributed by atoms with Crippen LogP contribution < -0.4 is 15.6 Å². The zero-order chi connectivity index (χ0) is 21.1. The minimum Gasteiger partial charge on any atom is -0.355 e. The second-order valence-electron chi connectivity index (χ2n) is 6.78. The van der Waals surface area contributed by atoms with Gasteiger partial charge < -0.3 is 14.6 Å². The van der Waals surface area contributed by atoms with Gasteiger partial charge in [-0.25, -0.2) is 0 Å². The molecular formula is C24H20ClN3OS. The summed E-state index contributed by atoms with van der Waals surface area (Å²) in [5.74, 6) is 0. The van der Waals surface area contributed by atoms with E-state index in [1.54, 1.807) is 17.0 Å². The molecule has 0 aliphatic carbocycles. The Labute approximate surface area is 184 Å². The number of hydrogen-bond donors (Lipinski definition) is 2. The molecule has 6 heteroatoms. The number of benzene rings is 3. The fourth-order valence-electron chi connectivity index (χ4n) is 3.37. The number of pyridine rings is 1. The van der Waals surface area contributed by atoms with Crippen LogP contribution in [0.15, 0.2) is 89.7 Å². The van der Waals surface area contributed by atoms with Gasteiger partial charge >= 0.3 is 0 Å². The molecule has 150 valence electrons. The summed E-state index contributed by atoms with van der Waals surface area (Å²) in [5.41, 5.74) is 4.72. The molecule has 0 amide bonds. The van der Waals surface area contributed by atoms with Crippen molar-refractivity contribution in [1.82, 2.24) is 4.57 Å². The van der Waals surface area contributed by atoms with Crippen LogP contribution in [0, 0.1) is 0 Å². The summed E-state index contributed by atoms with van der Waals surface area (Å²) in [6.45, 7) is 3.74. The van der Waals surface area contributed by atoms with Gasteiger partial charge in [-0.1, -0.05) is 36.4 Å². The van der Waals surface area contributed by atoms with Crippen LogP contribution in [0.1, 0.15) is 0 Å². The Morgan fingerprint density at radius 2 is 1.67 bits per heavy atom. The number of nitrogens with zero attached hydrogens (tertiary/aromatic N) is 1. The van der Waals surface area contributed by atoms with Crippen LogP contribution in [0.25, 0.3) is 21.9 Å². The highest BCUT2D eigenvalue weighted by atomic mass is 35.5. The smallest absolute Gasteiger partial charge is 0.258 e. The van der Waals surface area contributed by atoms with Crippen molar-refractivity contribution < 1.29 is 0 Å². The monoisotopic (exact) mass is 433 g/mol. The van der Waals surface area contributed by atoms with E-state index in [1.807, 2.05) is 66.9 Å². The van der Waals surface area contributed by atoms with Gasteiger partial charge in [-0.3, -0.25) is 4.79 Å². The SMILES string of the molecule is C=CSNc1ccc(Nc2ccc(Cl)cc2)c(-c2cn(C)c(=O)c3ccccc23)c1. The van der Waals surface area contributed by atoms with E-state index in [4.69, 9.17) is 11.6 Å². The van der Waals surface area contributed by atoms with Crippen LogP contribution in [0.5, 0.6) is 0 Å². The molecule has 0 saturated carbocycles. The number of anilines is 3. The number of hydrogen-bond acceptors (Lipinski definition) is 4. The number of nitrogens with one attached hydrogen (secondary N) is 2. The Bertz CT molecular complexity index is 1280. The first kappa shape index (κ1) is 20.1. The molecule has 0 atom stereocenters. The van der Waals surface area contributed by atoms with E-state index in [0.717, 1.165) is 33.6 Å². The van der Waals surface area contributed by atoms with Crippen LogP contribution in [0.3, 0.4) is 0 Å². The van der Waals surface area contributed by atoms with Crippen molar-refractivity contribution in [2.45, 2.75) is 0 Å². The number of rotatable bonds is 6. The lowest BCUT2D eigenvalue weighted by atomic mass is 9.98. The van der Waals surface area contributed by atoms with Crippen LogP contribution in [0.2, 0.25) is 5.02 Å². The van der Waals surface area contributed by atoms with Crippen molar-refractivity contribution in [3.63, 3.8) is 0 Å². The molecule has 3 aromatic carbocycles. The van der Waals surface area contributed by atoms with Crippen molar-refractivity contribution >= 4 is 51.4 Å². The van der Waals surface area contributed by atoms with Gasteiger partial charge in [-0.2, -0.15) is 0 Å². The summed E-state index contributed by atoms with van der Waals surface area (Å²) < 4.78 is 4.89. The third-order valence-electron chi connectivity index (χ3n) is 4.78. The zero-order valence-corrected chi connectivity index (χ0v) is 17.9. The maximum Gasteiger partial charge on any atom is 0.258 e. The Morgan fingerprint density at radius 1 is 0.967 bits per heavy atom. The van der Waals surface area contributed by atoms with Gasteiger partial charge in [0.1, 0.15) is 0 Å². The Hall–Kier alpha value is -3.15. The summed E-state index contributed by atoms with van der Waals surface area (Å²) >= 11 is 7.44. The predicted molar refractivity (Wildman–Crippen MR) is 131 cm³/mol. The minimum absolute atomic E-state index is 0.0157. The number of aromatic nitrogens is 1. The summed E-state index contributed by atoms with van der Waals surface area (Å²) in [7, 11) is 1.78. The molecule has 0 radical (unpaired) electrons. The molecule has 0 saturated heterocycles. The first-order valence-electron chi connectivity index (χ1n) is 9.35. The fourth-order valence-corrected chi connectivity index (χ4v) is 3.84. The first-order chi connectivity index (χ1) is 14.6. The molecule has 0 bridgehead atoms. The molecular weight excluding hydrogens is 414 g/mol. The molecule has 4 aromatic rings. The molecule has 0 aliphatic heterocycles. The van der Waals surface area contributed by atoms with Crippen molar-refractivity contribution in [3.8, 4) is 11.1 Å². The quantitative estimate of drug-likeness (QED) is 0.328. The van der Waals surface area contributed by atoms with Crippen LogP contribution in [0.4, 0.5) is 17.1 Å². The van der Waals surface area contributed by atoms with Gasteiger partial charge in [0.15, 0.2) is 0 Å². The van der Waals surface area contributed by atoms with Gasteiger partial charge in [-0.05, 0) is 71.3 Å². The number of aryl methyl sites for hydroxylation is 1. The maximum atomic E-state index is 12.6. The second kappa shape index (κ2) is 8.69. The summed E-state index contributed by atoms with van der Waals surface area (Å²) in [6.07, 6.45) is 1.89. The highest BCUT2D eigenvalue weighted by molar-refractivity contribution is 8.03. The van der Waals surface area contributed by atoms with Crippen molar-refractivity contribution in [1.29, 1.82) is 0 Å². The van der Waals surface area contributed by atoms with Gasteiger partial charge in [0.05, 0.1) is 0 Å². The Balaban J connectivity index is 1.91. The van der Waals surface area contributed by atoms with E-state index in [1.165, 1.54) is 11.9 Å². The number of halogens is 1. The molecule has 2 N–H and O–H groups in total. The van der Waals surface area contributed by atoms with E-state index in [9.17, 15) is 4.79 Å². The van der Waals surface area contributed by atoms with E-state index < -0.39 is 0 Å². The molecule has 0 fully saturated rings. The van der Waals surface area contributed by atoms with Crippen LogP contribution >= 0.6 is 23.5 Å². The highest BCUT2D eigenvalue weighted by Gasteiger charge is 2.13. The van der Waals surface area contributed by atoms with Crippen LogP contribution in [-0.4, -0.2) is 4.57 Å².